The number of carbonyl (C=O) groups is 1. The molecule has 1 heterocycles. The molecule has 2 N–H and O–H groups in total. The van der Waals surface area contributed by atoms with Crippen molar-refractivity contribution in [2.24, 2.45) is 11.8 Å². The number of hydrogen-bond acceptors (Lipinski definition) is 4. The van der Waals surface area contributed by atoms with Crippen LogP contribution >= 0.6 is 12.4 Å². The Kier molecular flexibility index (Phi) is 7.45. The Morgan fingerprint density at radius 3 is 2.87 bits per heavy atom. The molecule has 0 aliphatic carbocycles. The lowest BCUT2D eigenvalue weighted by Crippen LogP contribution is -2.34. The van der Waals surface area contributed by atoms with Gasteiger partial charge in [0, 0.05) is 18.6 Å². The number of anilines is 1. The van der Waals surface area contributed by atoms with E-state index in [9.17, 15) is 14.9 Å². The van der Waals surface area contributed by atoms with Crippen LogP contribution in [0, 0.1) is 28.9 Å². The fraction of sp³-hybridized carbons (Fsp3) is 0.562. The Balaban J connectivity index is 0.00000264. The van der Waals surface area contributed by atoms with Gasteiger partial charge in [0.15, 0.2) is 0 Å². The maximum atomic E-state index is 12.2. The Hall–Kier alpha value is -1.66. The van der Waals surface area contributed by atoms with Gasteiger partial charge in [0.1, 0.15) is 0 Å². The molecule has 0 spiro atoms. The molecule has 1 aromatic carbocycles. The first-order chi connectivity index (χ1) is 10.5. The monoisotopic (exact) mass is 341 g/mol. The SMILES string of the molecule is Cc1ccc([N+](=O)[O-])cc1NC(=O)CC(C)C1CCCNC1.Cl. The van der Waals surface area contributed by atoms with E-state index in [0.717, 1.165) is 31.5 Å². The molecule has 0 radical (unpaired) electrons. The highest BCUT2D eigenvalue weighted by Crippen LogP contribution is 2.25. The highest BCUT2D eigenvalue weighted by Gasteiger charge is 2.22. The van der Waals surface area contributed by atoms with E-state index in [1.54, 1.807) is 6.07 Å². The molecule has 2 atom stereocenters. The summed E-state index contributed by atoms with van der Waals surface area (Å²) in [5.41, 5.74) is 1.34. The van der Waals surface area contributed by atoms with Gasteiger partial charge in [0.05, 0.1) is 10.6 Å². The summed E-state index contributed by atoms with van der Waals surface area (Å²) in [6, 6.07) is 4.52. The number of nitro groups is 1. The van der Waals surface area contributed by atoms with Gasteiger partial charge in [-0.15, -0.1) is 12.4 Å². The number of amides is 1. The van der Waals surface area contributed by atoms with Crippen molar-refractivity contribution in [2.75, 3.05) is 18.4 Å². The van der Waals surface area contributed by atoms with Gasteiger partial charge in [-0.05, 0) is 50.3 Å². The first-order valence-electron chi connectivity index (χ1n) is 7.73. The number of nitro benzene ring substituents is 1. The van der Waals surface area contributed by atoms with Gasteiger partial charge in [-0.3, -0.25) is 14.9 Å². The summed E-state index contributed by atoms with van der Waals surface area (Å²) in [5, 5.41) is 17.0. The van der Waals surface area contributed by atoms with Crippen molar-refractivity contribution >= 4 is 29.7 Å². The molecule has 1 fully saturated rings. The zero-order valence-corrected chi connectivity index (χ0v) is 14.3. The molecule has 1 aliphatic rings. The van der Waals surface area contributed by atoms with Gasteiger partial charge < -0.3 is 10.6 Å². The lowest BCUT2D eigenvalue weighted by molar-refractivity contribution is -0.384. The van der Waals surface area contributed by atoms with Crippen molar-refractivity contribution in [2.45, 2.75) is 33.1 Å². The zero-order valence-electron chi connectivity index (χ0n) is 13.5. The third-order valence-electron chi connectivity index (χ3n) is 4.35. The summed E-state index contributed by atoms with van der Waals surface area (Å²) in [6.45, 7) is 5.94. The van der Waals surface area contributed by atoms with Gasteiger partial charge in [-0.1, -0.05) is 13.0 Å². The topological polar surface area (TPSA) is 84.3 Å². The van der Waals surface area contributed by atoms with Gasteiger partial charge in [0.2, 0.25) is 5.91 Å². The summed E-state index contributed by atoms with van der Waals surface area (Å²) in [7, 11) is 0. The molecule has 0 saturated carbocycles. The minimum atomic E-state index is -0.453. The van der Waals surface area contributed by atoms with Crippen LogP contribution in [0.3, 0.4) is 0 Å². The van der Waals surface area contributed by atoms with Gasteiger partial charge in [-0.2, -0.15) is 0 Å². The highest BCUT2D eigenvalue weighted by molar-refractivity contribution is 5.92. The Bertz CT molecular complexity index is 560. The van der Waals surface area contributed by atoms with Crippen molar-refractivity contribution in [1.29, 1.82) is 0 Å². The Morgan fingerprint density at radius 1 is 1.52 bits per heavy atom. The van der Waals surface area contributed by atoms with Gasteiger partial charge in [-0.25, -0.2) is 0 Å². The van der Waals surface area contributed by atoms with Crippen molar-refractivity contribution < 1.29 is 9.72 Å². The second-order valence-electron chi connectivity index (χ2n) is 6.09. The van der Waals surface area contributed by atoms with E-state index in [-0.39, 0.29) is 24.0 Å². The number of aryl methyl sites for hydroxylation is 1. The molecule has 0 aromatic heterocycles. The van der Waals surface area contributed by atoms with E-state index < -0.39 is 4.92 Å². The van der Waals surface area contributed by atoms with Crippen LogP contribution in [-0.2, 0) is 4.79 Å². The summed E-state index contributed by atoms with van der Waals surface area (Å²) in [5.74, 6) is 0.735. The molecule has 2 unspecified atom stereocenters. The van der Waals surface area contributed by atoms with E-state index in [2.05, 4.69) is 17.6 Å². The lowest BCUT2D eigenvalue weighted by atomic mass is 9.85. The maximum Gasteiger partial charge on any atom is 0.271 e. The van der Waals surface area contributed by atoms with Crippen molar-refractivity contribution in [1.82, 2.24) is 5.32 Å². The van der Waals surface area contributed by atoms with Crippen LogP contribution in [0.2, 0.25) is 0 Å². The summed E-state index contributed by atoms with van der Waals surface area (Å²) in [6.07, 6.45) is 2.74. The predicted octanol–water partition coefficient (Wildman–Crippen LogP) is 3.29. The minimum absolute atomic E-state index is 0. The van der Waals surface area contributed by atoms with Crippen LogP contribution in [0.5, 0.6) is 0 Å². The van der Waals surface area contributed by atoms with E-state index >= 15 is 0 Å². The largest absolute Gasteiger partial charge is 0.326 e. The molecular formula is C16H24ClN3O3. The van der Waals surface area contributed by atoms with Crippen LogP contribution in [0.15, 0.2) is 18.2 Å². The second kappa shape index (κ2) is 8.84. The fourth-order valence-corrected chi connectivity index (χ4v) is 2.88. The van der Waals surface area contributed by atoms with Crippen LogP contribution in [0.1, 0.15) is 31.7 Å². The molecule has 1 saturated heterocycles. The van der Waals surface area contributed by atoms with Crippen molar-refractivity contribution in [3.05, 3.63) is 33.9 Å². The van der Waals surface area contributed by atoms with Crippen molar-refractivity contribution in [3.63, 3.8) is 0 Å². The number of hydrogen-bond donors (Lipinski definition) is 2. The molecule has 128 valence electrons. The van der Waals surface area contributed by atoms with Crippen LogP contribution in [0.25, 0.3) is 0 Å². The third kappa shape index (κ3) is 5.48. The van der Waals surface area contributed by atoms with Crippen LogP contribution in [0.4, 0.5) is 11.4 Å². The highest BCUT2D eigenvalue weighted by atomic mass is 35.5. The van der Waals surface area contributed by atoms with E-state index in [1.165, 1.54) is 12.1 Å². The Labute approximate surface area is 142 Å². The molecule has 23 heavy (non-hydrogen) atoms. The fourth-order valence-electron chi connectivity index (χ4n) is 2.88. The van der Waals surface area contributed by atoms with Crippen LogP contribution < -0.4 is 10.6 Å². The first-order valence-corrected chi connectivity index (χ1v) is 7.73. The first kappa shape index (κ1) is 19.4. The maximum absolute atomic E-state index is 12.2. The molecular weight excluding hydrogens is 318 g/mol. The Morgan fingerprint density at radius 2 is 2.26 bits per heavy atom. The molecule has 6 nitrogen and oxygen atoms in total. The molecule has 1 aliphatic heterocycles. The average molecular weight is 342 g/mol. The molecule has 0 bridgehead atoms. The van der Waals surface area contributed by atoms with E-state index in [0.29, 0.717) is 23.9 Å². The summed E-state index contributed by atoms with van der Waals surface area (Å²) >= 11 is 0. The number of nitrogens with one attached hydrogen (secondary N) is 2. The van der Waals surface area contributed by atoms with E-state index in [1.807, 2.05) is 6.92 Å². The number of benzene rings is 1. The number of non-ortho nitro benzene ring substituents is 1. The lowest BCUT2D eigenvalue weighted by Gasteiger charge is -2.28. The molecule has 1 aromatic rings. The normalized spacial score (nSPS) is 18.6. The quantitative estimate of drug-likeness (QED) is 0.635. The second-order valence-corrected chi connectivity index (χ2v) is 6.09. The standard InChI is InChI=1S/C16H23N3O3.ClH/c1-11-5-6-14(19(21)22)9-15(11)18-16(20)8-12(2)13-4-3-7-17-10-13;/h5-6,9,12-13,17H,3-4,7-8,10H2,1-2H3,(H,18,20);1H. The molecule has 1 amide bonds. The van der Waals surface area contributed by atoms with Gasteiger partial charge >= 0.3 is 0 Å². The van der Waals surface area contributed by atoms with E-state index in [4.69, 9.17) is 0 Å². The smallest absolute Gasteiger partial charge is 0.271 e. The molecule has 2 rings (SSSR count). The predicted molar refractivity (Wildman–Crippen MR) is 93.1 cm³/mol. The number of piperidine rings is 1. The zero-order chi connectivity index (χ0) is 16.1. The van der Waals surface area contributed by atoms with Crippen LogP contribution in [-0.4, -0.2) is 23.9 Å². The van der Waals surface area contributed by atoms with Crippen molar-refractivity contribution in [3.8, 4) is 0 Å². The number of rotatable bonds is 5. The van der Waals surface area contributed by atoms with Gasteiger partial charge in [0.25, 0.3) is 5.69 Å². The summed E-state index contributed by atoms with van der Waals surface area (Å²) < 4.78 is 0. The number of halogens is 1. The average Bonchev–Trinajstić information content (AvgIpc) is 2.50. The third-order valence-corrected chi connectivity index (χ3v) is 4.35. The minimum Gasteiger partial charge on any atom is -0.326 e. The number of carbonyl (C=O) groups excluding carboxylic acids is 1. The summed E-state index contributed by atoms with van der Waals surface area (Å²) in [4.78, 5) is 22.6. The number of nitrogens with zero attached hydrogens (tertiary/aromatic N) is 1. The molecule has 7 heteroatoms.